The fraction of sp³-hybridized carbons (Fsp3) is 0.875. The number of carbonyl (C=O) groups is 1. The minimum atomic E-state index is -0.0843. The van der Waals surface area contributed by atoms with Crippen LogP contribution in [0.15, 0.2) is 0 Å². The van der Waals surface area contributed by atoms with Crippen LogP contribution in [0.4, 0.5) is 0 Å². The Kier molecular flexibility index (Phi) is 2.88. The second-order valence-electron chi connectivity index (χ2n) is 2.98. The number of unbranched alkanes of at least 4 members (excludes halogenated alkanes) is 1. The Morgan fingerprint density at radius 1 is 1.55 bits per heavy atom. The summed E-state index contributed by atoms with van der Waals surface area (Å²) in [5, 5.41) is 8.48. The molecule has 1 fully saturated rings. The van der Waals surface area contributed by atoms with Gasteiger partial charge in [-0.2, -0.15) is 0 Å². The van der Waals surface area contributed by atoms with E-state index in [1.54, 1.807) is 0 Å². The first-order valence-corrected chi connectivity index (χ1v) is 4.07. The van der Waals surface area contributed by atoms with Gasteiger partial charge in [-0.05, 0) is 26.2 Å². The predicted octanol–water partition coefficient (Wildman–Crippen LogP) is 0.710. The maximum Gasteiger partial charge on any atom is 0.312 e. The van der Waals surface area contributed by atoms with Crippen molar-refractivity contribution in [2.45, 2.75) is 32.3 Å². The highest BCUT2D eigenvalue weighted by atomic mass is 16.6. The minimum absolute atomic E-state index is 0.0775. The number of rotatable bonds is 4. The molecule has 0 radical (unpaired) electrons. The van der Waals surface area contributed by atoms with Crippen molar-refractivity contribution >= 4 is 5.97 Å². The number of hydrogen-bond acceptors (Lipinski definition) is 3. The number of ether oxygens (including phenoxy) is 1. The summed E-state index contributed by atoms with van der Waals surface area (Å²) in [5.41, 5.74) is 0. The third kappa shape index (κ3) is 1.93. The van der Waals surface area contributed by atoms with Gasteiger partial charge in [-0.25, -0.2) is 0 Å². The molecule has 0 spiro atoms. The molecule has 0 amide bonds. The second-order valence-corrected chi connectivity index (χ2v) is 2.98. The number of aliphatic hydroxyl groups is 1. The number of esters is 1. The van der Waals surface area contributed by atoms with Crippen LogP contribution in [0.1, 0.15) is 26.2 Å². The fourth-order valence-electron chi connectivity index (χ4n) is 1.20. The van der Waals surface area contributed by atoms with E-state index in [9.17, 15) is 4.79 Å². The monoisotopic (exact) mass is 158 g/mol. The minimum Gasteiger partial charge on any atom is -0.461 e. The van der Waals surface area contributed by atoms with Crippen LogP contribution >= 0.6 is 0 Å². The third-order valence-electron chi connectivity index (χ3n) is 2.09. The zero-order chi connectivity index (χ0) is 8.27. The van der Waals surface area contributed by atoms with Gasteiger partial charge in [0.25, 0.3) is 0 Å². The summed E-state index contributed by atoms with van der Waals surface area (Å²) in [5.74, 6) is -0.00677. The van der Waals surface area contributed by atoms with Gasteiger partial charge in [0.15, 0.2) is 0 Å². The zero-order valence-corrected chi connectivity index (χ0v) is 6.75. The van der Waals surface area contributed by atoms with Crippen LogP contribution in [0.3, 0.4) is 0 Å². The molecule has 3 heteroatoms. The maximum absolute atomic E-state index is 10.6. The number of cyclic esters (lactones) is 1. The standard InChI is InChI=1S/C8H14O3/c1-6-7(11-8(6)10)4-2-3-5-9/h6-7,9H,2-5H2,1H3/t6-,7-/m0/s1. The van der Waals surface area contributed by atoms with E-state index in [-0.39, 0.29) is 24.6 Å². The first kappa shape index (κ1) is 8.53. The molecule has 64 valence electrons. The number of aliphatic hydroxyl groups excluding tert-OH is 1. The average Bonchev–Trinajstić information content (AvgIpc) is 2.03. The van der Waals surface area contributed by atoms with Crippen LogP contribution in [0, 0.1) is 5.92 Å². The van der Waals surface area contributed by atoms with E-state index >= 15 is 0 Å². The number of hydrogen-bond donors (Lipinski definition) is 1. The summed E-state index contributed by atoms with van der Waals surface area (Å²) in [6, 6.07) is 0. The lowest BCUT2D eigenvalue weighted by atomic mass is 9.95. The van der Waals surface area contributed by atoms with E-state index in [0.29, 0.717) is 0 Å². The highest BCUT2D eigenvalue weighted by Crippen LogP contribution is 2.25. The lowest BCUT2D eigenvalue weighted by molar-refractivity contribution is -0.183. The SMILES string of the molecule is C[C@@H]1C(=O)O[C@H]1CCCCO. The smallest absolute Gasteiger partial charge is 0.312 e. The van der Waals surface area contributed by atoms with Crippen molar-refractivity contribution in [3.8, 4) is 0 Å². The van der Waals surface area contributed by atoms with E-state index < -0.39 is 0 Å². The van der Waals surface area contributed by atoms with Gasteiger partial charge in [0.05, 0.1) is 5.92 Å². The molecule has 0 aliphatic carbocycles. The van der Waals surface area contributed by atoms with Gasteiger partial charge >= 0.3 is 5.97 Å². The molecule has 2 atom stereocenters. The van der Waals surface area contributed by atoms with Crippen LogP contribution in [-0.2, 0) is 9.53 Å². The molecule has 1 N–H and O–H groups in total. The molecular weight excluding hydrogens is 144 g/mol. The molecule has 0 unspecified atom stereocenters. The molecule has 1 heterocycles. The Bertz CT molecular complexity index is 144. The summed E-state index contributed by atoms with van der Waals surface area (Å²) in [6.07, 6.45) is 2.77. The molecule has 0 aromatic carbocycles. The van der Waals surface area contributed by atoms with E-state index in [0.717, 1.165) is 19.3 Å². The normalized spacial score (nSPS) is 29.5. The Morgan fingerprint density at radius 3 is 2.73 bits per heavy atom. The third-order valence-corrected chi connectivity index (χ3v) is 2.09. The van der Waals surface area contributed by atoms with E-state index in [1.165, 1.54) is 0 Å². The van der Waals surface area contributed by atoms with Gasteiger partial charge in [0, 0.05) is 6.61 Å². The Labute approximate surface area is 66.4 Å². The molecule has 0 aromatic rings. The van der Waals surface area contributed by atoms with Crippen molar-refractivity contribution in [2.24, 2.45) is 5.92 Å². The highest BCUT2D eigenvalue weighted by molar-refractivity contribution is 5.77. The molecule has 1 aliphatic rings. The van der Waals surface area contributed by atoms with Crippen LogP contribution in [0.5, 0.6) is 0 Å². The molecule has 0 bridgehead atoms. The van der Waals surface area contributed by atoms with Crippen molar-refractivity contribution in [3.05, 3.63) is 0 Å². The summed E-state index contributed by atoms with van der Waals surface area (Å²) in [4.78, 5) is 10.6. The molecule has 1 rings (SSSR count). The number of carbonyl (C=O) groups excluding carboxylic acids is 1. The van der Waals surface area contributed by atoms with Crippen LogP contribution in [0.25, 0.3) is 0 Å². The Balaban J connectivity index is 2.05. The lowest BCUT2D eigenvalue weighted by Gasteiger charge is -2.32. The molecule has 1 aliphatic heterocycles. The molecule has 3 nitrogen and oxygen atoms in total. The summed E-state index contributed by atoms with van der Waals surface area (Å²) < 4.78 is 4.88. The van der Waals surface area contributed by atoms with Gasteiger partial charge in [0.1, 0.15) is 6.10 Å². The summed E-state index contributed by atoms with van der Waals surface area (Å²) in [6.45, 7) is 2.12. The summed E-state index contributed by atoms with van der Waals surface area (Å²) in [7, 11) is 0. The summed E-state index contributed by atoms with van der Waals surface area (Å²) >= 11 is 0. The van der Waals surface area contributed by atoms with Crippen molar-refractivity contribution in [1.29, 1.82) is 0 Å². The van der Waals surface area contributed by atoms with E-state index in [1.807, 2.05) is 6.92 Å². The second kappa shape index (κ2) is 3.72. The zero-order valence-electron chi connectivity index (χ0n) is 6.75. The fourth-order valence-corrected chi connectivity index (χ4v) is 1.20. The van der Waals surface area contributed by atoms with Crippen molar-refractivity contribution in [3.63, 3.8) is 0 Å². The molecule has 0 aromatic heterocycles. The van der Waals surface area contributed by atoms with Gasteiger partial charge in [-0.15, -0.1) is 0 Å². The Hall–Kier alpha value is -0.570. The van der Waals surface area contributed by atoms with Gasteiger partial charge in [-0.1, -0.05) is 0 Å². The van der Waals surface area contributed by atoms with Crippen molar-refractivity contribution in [1.82, 2.24) is 0 Å². The van der Waals surface area contributed by atoms with Gasteiger partial charge < -0.3 is 9.84 Å². The molecule has 11 heavy (non-hydrogen) atoms. The molecular formula is C8H14O3. The first-order chi connectivity index (χ1) is 5.25. The van der Waals surface area contributed by atoms with Crippen molar-refractivity contribution in [2.75, 3.05) is 6.61 Å². The van der Waals surface area contributed by atoms with Crippen LogP contribution in [-0.4, -0.2) is 23.8 Å². The topological polar surface area (TPSA) is 46.5 Å². The molecule has 1 saturated heterocycles. The quantitative estimate of drug-likeness (QED) is 0.484. The Morgan fingerprint density at radius 2 is 2.27 bits per heavy atom. The molecule has 0 saturated carbocycles. The average molecular weight is 158 g/mol. The van der Waals surface area contributed by atoms with Gasteiger partial charge in [0.2, 0.25) is 0 Å². The van der Waals surface area contributed by atoms with Crippen LogP contribution in [0.2, 0.25) is 0 Å². The highest BCUT2D eigenvalue weighted by Gasteiger charge is 2.37. The lowest BCUT2D eigenvalue weighted by Crippen LogP contribution is -2.42. The van der Waals surface area contributed by atoms with E-state index in [4.69, 9.17) is 9.84 Å². The van der Waals surface area contributed by atoms with Gasteiger partial charge in [-0.3, -0.25) is 4.79 Å². The first-order valence-electron chi connectivity index (χ1n) is 4.07. The van der Waals surface area contributed by atoms with Crippen molar-refractivity contribution < 1.29 is 14.6 Å². The predicted molar refractivity (Wildman–Crippen MR) is 40.0 cm³/mol. The van der Waals surface area contributed by atoms with E-state index in [2.05, 4.69) is 0 Å². The largest absolute Gasteiger partial charge is 0.461 e. The maximum atomic E-state index is 10.6. The van der Waals surface area contributed by atoms with Crippen LogP contribution < -0.4 is 0 Å².